The van der Waals surface area contributed by atoms with Crippen LogP contribution in [-0.2, 0) is 9.53 Å². The van der Waals surface area contributed by atoms with Crippen molar-refractivity contribution in [3.8, 4) is 0 Å². The van der Waals surface area contributed by atoms with Crippen LogP contribution in [0.5, 0.6) is 0 Å². The third kappa shape index (κ3) is 2.38. The summed E-state index contributed by atoms with van der Waals surface area (Å²) in [4.78, 5) is 14.2. The molecule has 92 valence electrons. The van der Waals surface area contributed by atoms with Crippen LogP contribution in [0.2, 0.25) is 0 Å². The number of amides is 1. The summed E-state index contributed by atoms with van der Waals surface area (Å²) in [5.74, 6) is 0.316. The molecule has 1 aliphatic carbocycles. The van der Waals surface area contributed by atoms with Crippen molar-refractivity contribution >= 4 is 5.91 Å². The van der Waals surface area contributed by atoms with E-state index in [0.29, 0.717) is 0 Å². The summed E-state index contributed by atoms with van der Waals surface area (Å²) >= 11 is 0. The molecular formula is C12H22N2O2. The van der Waals surface area contributed by atoms with Crippen LogP contribution < -0.4 is 5.73 Å². The monoisotopic (exact) mass is 226 g/mol. The summed E-state index contributed by atoms with van der Waals surface area (Å²) in [6.07, 6.45) is 5.47. The van der Waals surface area contributed by atoms with E-state index >= 15 is 0 Å². The van der Waals surface area contributed by atoms with Gasteiger partial charge in [0.1, 0.15) is 0 Å². The maximum Gasteiger partial charge on any atom is 0.227 e. The number of rotatable bonds is 2. The third-order valence-electron chi connectivity index (χ3n) is 3.93. The second-order valence-corrected chi connectivity index (χ2v) is 4.99. The van der Waals surface area contributed by atoms with Gasteiger partial charge in [0, 0.05) is 26.2 Å². The molecule has 4 nitrogen and oxygen atoms in total. The van der Waals surface area contributed by atoms with E-state index in [2.05, 4.69) is 0 Å². The van der Waals surface area contributed by atoms with Gasteiger partial charge in [-0.15, -0.1) is 0 Å². The SMILES string of the molecule is COC1CCN(C(=O)C2CCCCC2N)C1. The molecule has 0 aromatic rings. The average Bonchev–Trinajstić information content (AvgIpc) is 2.77. The lowest BCUT2D eigenvalue weighted by atomic mass is 9.84. The van der Waals surface area contributed by atoms with E-state index in [1.807, 2.05) is 4.90 Å². The Balaban J connectivity index is 1.91. The predicted octanol–water partition coefficient (Wildman–Crippen LogP) is 0.751. The number of methoxy groups -OCH3 is 1. The average molecular weight is 226 g/mol. The summed E-state index contributed by atoms with van der Waals surface area (Å²) < 4.78 is 5.28. The maximum absolute atomic E-state index is 12.3. The van der Waals surface area contributed by atoms with E-state index < -0.39 is 0 Å². The van der Waals surface area contributed by atoms with Crippen molar-refractivity contribution in [3.05, 3.63) is 0 Å². The van der Waals surface area contributed by atoms with Gasteiger partial charge in [0.25, 0.3) is 0 Å². The smallest absolute Gasteiger partial charge is 0.227 e. The second kappa shape index (κ2) is 5.15. The number of nitrogens with zero attached hydrogens (tertiary/aromatic N) is 1. The zero-order valence-corrected chi connectivity index (χ0v) is 10.0. The Kier molecular flexibility index (Phi) is 3.82. The Morgan fingerprint density at radius 2 is 2.06 bits per heavy atom. The molecule has 0 bridgehead atoms. The molecule has 1 heterocycles. The first-order chi connectivity index (χ1) is 7.72. The van der Waals surface area contributed by atoms with Crippen molar-refractivity contribution in [2.45, 2.75) is 44.2 Å². The fourth-order valence-corrected chi connectivity index (χ4v) is 2.82. The van der Waals surface area contributed by atoms with Gasteiger partial charge in [0.05, 0.1) is 12.0 Å². The normalized spacial score (nSPS) is 35.4. The Morgan fingerprint density at radius 3 is 2.69 bits per heavy atom. The summed E-state index contributed by atoms with van der Waals surface area (Å²) in [6.45, 7) is 1.58. The molecular weight excluding hydrogens is 204 g/mol. The summed E-state index contributed by atoms with van der Waals surface area (Å²) in [6, 6.07) is 0.0721. The molecule has 4 heteroatoms. The van der Waals surface area contributed by atoms with Crippen molar-refractivity contribution in [2.24, 2.45) is 11.7 Å². The van der Waals surface area contributed by atoms with Gasteiger partial charge >= 0.3 is 0 Å². The van der Waals surface area contributed by atoms with E-state index in [0.717, 1.165) is 38.8 Å². The molecule has 0 aromatic heterocycles. The van der Waals surface area contributed by atoms with E-state index in [9.17, 15) is 4.79 Å². The molecule has 2 aliphatic rings. The van der Waals surface area contributed by atoms with Crippen molar-refractivity contribution in [1.82, 2.24) is 4.90 Å². The Hall–Kier alpha value is -0.610. The van der Waals surface area contributed by atoms with E-state index in [4.69, 9.17) is 10.5 Å². The van der Waals surface area contributed by atoms with Gasteiger partial charge in [0.15, 0.2) is 0 Å². The molecule has 0 spiro atoms. The van der Waals surface area contributed by atoms with Crippen molar-refractivity contribution in [1.29, 1.82) is 0 Å². The largest absolute Gasteiger partial charge is 0.380 e. The molecule has 16 heavy (non-hydrogen) atoms. The molecule has 1 saturated heterocycles. The van der Waals surface area contributed by atoms with Crippen molar-refractivity contribution in [3.63, 3.8) is 0 Å². The summed E-state index contributed by atoms with van der Waals surface area (Å²) in [7, 11) is 1.71. The topological polar surface area (TPSA) is 55.6 Å². The zero-order chi connectivity index (χ0) is 11.5. The molecule has 1 aliphatic heterocycles. The van der Waals surface area contributed by atoms with E-state index in [1.54, 1.807) is 7.11 Å². The highest BCUT2D eigenvalue weighted by Gasteiger charge is 2.34. The Labute approximate surface area is 97.1 Å². The van der Waals surface area contributed by atoms with Crippen LogP contribution in [0.3, 0.4) is 0 Å². The molecule has 1 saturated carbocycles. The minimum absolute atomic E-state index is 0.0596. The number of hydrogen-bond acceptors (Lipinski definition) is 3. The summed E-state index contributed by atoms with van der Waals surface area (Å²) in [5, 5.41) is 0. The lowest BCUT2D eigenvalue weighted by Gasteiger charge is -2.31. The van der Waals surface area contributed by atoms with Gasteiger partial charge in [-0.05, 0) is 19.3 Å². The van der Waals surface area contributed by atoms with Crippen LogP contribution in [0.4, 0.5) is 0 Å². The van der Waals surface area contributed by atoms with Gasteiger partial charge < -0.3 is 15.4 Å². The molecule has 1 amide bonds. The number of carbonyl (C=O) groups is 1. The van der Waals surface area contributed by atoms with Crippen LogP contribution in [0.25, 0.3) is 0 Å². The van der Waals surface area contributed by atoms with Gasteiger partial charge in [0.2, 0.25) is 5.91 Å². The molecule has 0 radical (unpaired) electrons. The molecule has 3 atom stereocenters. The Morgan fingerprint density at radius 1 is 1.31 bits per heavy atom. The number of carbonyl (C=O) groups excluding carboxylic acids is 1. The van der Waals surface area contributed by atoms with Crippen molar-refractivity contribution in [2.75, 3.05) is 20.2 Å². The zero-order valence-electron chi connectivity index (χ0n) is 10.0. The predicted molar refractivity (Wildman–Crippen MR) is 61.9 cm³/mol. The van der Waals surface area contributed by atoms with Crippen LogP contribution in [-0.4, -0.2) is 43.2 Å². The lowest BCUT2D eigenvalue weighted by molar-refractivity contribution is -0.136. The summed E-state index contributed by atoms with van der Waals surface area (Å²) in [5.41, 5.74) is 6.04. The first kappa shape index (κ1) is 11.9. The van der Waals surface area contributed by atoms with Crippen LogP contribution in [0, 0.1) is 5.92 Å². The molecule has 3 unspecified atom stereocenters. The minimum Gasteiger partial charge on any atom is -0.380 e. The van der Waals surface area contributed by atoms with Gasteiger partial charge in [-0.1, -0.05) is 12.8 Å². The fourth-order valence-electron chi connectivity index (χ4n) is 2.82. The van der Waals surface area contributed by atoms with Crippen molar-refractivity contribution < 1.29 is 9.53 Å². The maximum atomic E-state index is 12.3. The molecule has 0 aromatic carbocycles. The Bertz CT molecular complexity index is 257. The molecule has 2 fully saturated rings. The lowest BCUT2D eigenvalue weighted by Crippen LogP contribution is -2.45. The molecule has 2 N–H and O–H groups in total. The first-order valence-electron chi connectivity index (χ1n) is 6.29. The standard InChI is InChI=1S/C12H22N2O2/c1-16-9-6-7-14(8-9)12(15)10-4-2-3-5-11(10)13/h9-11H,2-8,13H2,1H3. The highest BCUT2D eigenvalue weighted by atomic mass is 16.5. The number of likely N-dealkylation sites (tertiary alicyclic amines) is 1. The van der Waals surface area contributed by atoms with Gasteiger partial charge in [-0.25, -0.2) is 0 Å². The number of hydrogen-bond donors (Lipinski definition) is 1. The first-order valence-corrected chi connectivity index (χ1v) is 6.29. The highest BCUT2D eigenvalue weighted by molar-refractivity contribution is 5.80. The van der Waals surface area contributed by atoms with Gasteiger partial charge in [-0.2, -0.15) is 0 Å². The number of nitrogens with two attached hydrogens (primary N) is 1. The van der Waals surface area contributed by atoms with Gasteiger partial charge in [-0.3, -0.25) is 4.79 Å². The van der Waals surface area contributed by atoms with E-state index in [-0.39, 0.29) is 24.0 Å². The van der Waals surface area contributed by atoms with Crippen LogP contribution in [0.1, 0.15) is 32.1 Å². The van der Waals surface area contributed by atoms with Crippen LogP contribution >= 0.6 is 0 Å². The van der Waals surface area contributed by atoms with E-state index in [1.165, 1.54) is 6.42 Å². The quantitative estimate of drug-likeness (QED) is 0.756. The second-order valence-electron chi connectivity index (χ2n) is 4.99. The third-order valence-corrected chi connectivity index (χ3v) is 3.93. The minimum atomic E-state index is 0.0596. The van der Waals surface area contributed by atoms with Crippen LogP contribution in [0.15, 0.2) is 0 Å². The fraction of sp³-hybridized carbons (Fsp3) is 0.917. The number of ether oxygens (including phenoxy) is 1. The highest BCUT2D eigenvalue weighted by Crippen LogP contribution is 2.26. The molecule has 2 rings (SSSR count).